The number of nitrogen functional groups attached to an aromatic ring is 1. The van der Waals surface area contributed by atoms with E-state index in [-0.39, 0.29) is 11.5 Å². The maximum absolute atomic E-state index is 6.53. The van der Waals surface area contributed by atoms with Gasteiger partial charge in [-0.05, 0) is 50.9 Å². The molecule has 2 bridgehead atoms. The van der Waals surface area contributed by atoms with Gasteiger partial charge in [0.1, 0.15) is 5.82 Å². The van der Waals surface area contributed by atoms with Crippen molar-refractivity contribution < 1.29 is 0 Å². The van der Waals surface area contributed by atoms with Crippen molar-refractivity contribution in [3.05, 3.63) is 23.1 Å². The van der Waals surface area contributed by atoms with E-state index in [0.29, 0.717) is 5.41 Å². The Morgan fingerprint density at radius 1 is 1.10 bits per heavy atom. The maximum atomic E-state index is 6.53. The zero-order chi connectivity index (χ0) is 21.4. The van der Waals surface area contributed by atoms with E-state index in [1.165, 1.54) is 36.2 Å². The largest absolute Gasteiger partial charge is 0.368 e. The molecule has 3 aliphatic carbocycles. The van der Waals surface area contributed by atoms with Crippen molar-refractivity contribution in [2.45, 2.75) is 70.5 Å². The average Bonchev–Trinajstić information content (AvgIpc) is 3.28. The Balaban J connectivity index is 1.29. The summed E-state index contributed by atoms with van der Waals surface area (Å²) in [5, 5.41) is 10.4. The van der Waals surface area contributed by atoms with Crippen LogP contribution in [0.4, 0.5) is 11.8 Å². The lowest BCUT2D eigenvalue weighted by Gasteiger charge is -2.52. The highest BCUT2D eigenvalue weighted by Crippen LogP contribution is 2.52. The second-order valence-corrected chi connectivity index (χ2v) is 10.1. The number of nitrogens with two attached hydrogens (primary N) is 2. The third-order valence-corrected chi connectivity index (χ3v) is 8.21. The molecule has 3 fully saturated rings. The van der Waals surface area contributed by atoms with E-state index >= 15 is 0 Å². The minimum absolute atomic E-state index is 0.109. The quantitative estimate of drug-likeness (QED) is 0.665. The minimum atomic E-state index is 0.109. The highest BCUT2D eigenvalue weighted by molar-refractivity contribution is 5.88. The van der Waals surface area contributed by atoms with E-state index in [0.717, 1.165) is 62.2 Å². The highest BCUT2D eigenvalue weighted by Gasteiger charge is 2.47. The standard InChI is InChI=1S/C22H31N9/c1-14-16-12-30(19-15-11-25-29(2)18(15)26-20(23)27-19)10-3-17(16)28-31(14)13-21-4-7-22(24,8-5-21)9-6-21/h11H,3-10,12-13,24H2,1-2H3,(H2,23,26,27). The van der Waals surface area contributed by atoms with Crippen LogP contribution in [0.5, 0.6) is 0 Å². The van der Waals surface area contributed by atoms with Crippen LogP contribution in [0.2, 0.25) is 0 Å². The fourth-order valence-electron chi connectivity index (χ4n) is 6.01. The highest BCUT2D eigenvalue weighted by atomic mass is 15.3. The molecule has 31 heavy (non-hydrogen) atoms. The Morgan fingerprint density at radius 2 is 1.84 bits per heavy atom. The molecule has 0 aromatic carbocycles. The minimum Gasteiger partial charge on any atom is -0.368 e. The predicted octanol–water partition coefficient (Wildman–Crippen LogP) is 2.06. The molecule has 4 aliphatic rings. The van der Waals surface area contributed by atoms with E-state index < -0.39 is 0 Å². The third-order valence-electron chi connectivity index (χ3n) is 8.21. The zero-order valence-corrected chi connectivity index (χ0v) is 18.4. The Kier molecular flexibility index (Phi) is 3.94. The van der Waals surface area contributed by atoms with Crippen LogP contribution in [0.3, 0.4) is 0 Å². The summed E-state index contributed by atoms with van der Waals surface area (Å²) < 4.78 is 4.04. The van der Waals surface area contributed by atoms with Crippen molar-refractivity contribution in [1.29, 1.82) is 0 Å². The van der Waals surface area contributed by atoms with Crippen LogP contribution in [0.15, 0.2) is 6.20 Å². The average molecular weight is 422 g/mol. The van der Waals surface area contributed by atoms with Crippen molar-refractivity contribution in [2.24, 2.45) is 18.2 Å². The predicted molar refractivity (Wildman–Crippen MR) is 119 cm³/mol. The van der Waals surface area contributed by atoms with Crippen molar-refractivity contribution in [3.8, 4) is 0 Å². The summed E-state index contributed by atoms with van der Waals surface area (Å²) in [7, 11) is 1.88. The fourth-order valence-corrected chi connectivity index (χ4v) is 6.01. The lowest BCUT2D eigenvalue weighted by molar-refractivity contribution is 0.0265. The van der Waals surface area contributed by atoms with E-state index in [1.54, 1.807) is 4.68 Å². The first-order valence-electron chi connectivity index (χ1n) is 11.4. The molecule has 3 aromatic rings. The number of fused-ring (bicyclic) bond motifs is 5. The summed E-state index contributed by atoms with van der Waals surface area (Å²) in [5.41, 5.74) is 17.6. The molecule has 3 saturated carbocycles. The first kappa shape index (κ1) is 19.0. The van der Waals surface area contributed by atoms with Crippen molar-refractivity contribution in [3.63, 3.8) is 0 Å². The maximum Gasteiger partial charge on any atom is 0.224 e. The number of aryl methyl sites for hydroxylation is 1. The SMILES string of the molecule is Cc1c2c(nn1CC13CCC(N)(CC1)CC3)CCN(c1nc(N)nc3c1cnn3C)C2. The van der Waals surface area contributed by atoms with Crippen LogP contribution in [0.25, 0.3) is 11.0 Å². The van der Waals surface area contributed by atoms with Gasteiger partial charge < -0.3 is 16.4 Å². The van der Waals surface area contributed by atoms with Gasteiger partial charge in [0, 0.05) is 49.9 Å². The molecule has 0 unspecified atom stereocenters. The van der Waals surface area contributed by atoms with Crippen molar-refractivity contribution in [2.75, 3.05) is 17.2 Å². The molecular weight excluding hydrogens is 390 g/mol. The number of nitrogens with zero attached hydrogens (tertiary/aromatic N) is 7. The molecule has 4 N–H and O–H groups in total. The summed E-state index contributed by atoms with van der Waals surface area (Å²) in [6.45, 7) is 4.90. The molecule has 0 saturated heterocycles. The first-order valence-corrected chi connectivity index (χ1v) is 11.4. The number of anilines is 2. The topological polar surface area (TPSA) is 117 Å². The van der Waals surface area contributed by atoms with Gasteiger partial charge in [0.05, 0.1) is 17.3 Å². The fraction of sp³-hybridized carbons (Fsp3) is 0.636. The van der Waals surface area contributed by atoms with Gasteiger partial charge in [-0.3, -0.25) is 9.36 Å². The zero-order valence-electron chi connectivity index (χ0n) is 18.4. The molecular formula is C22H31N9. The van der Waals surface area contributed by atoms with Gasteiger partial charge in [-0.2, -0.15) is 20.2 Å². The van der Waals surface area contributed by atoms with Gasteiger partial charge in [-0.15, -0.1) is 0 Å². The summed E-state index contributed by atoms with van der Waals surface area (Å²) >= 11 is 0. The molecule has 9 nitrogen and oxygen atoms in total. The molecule has 0 atom stereocenters. The smallest absolute Gasteiger partial charge is 0.224 e. The Bertz CT molecular complexity index is 1150. The molecule has 0 amide bonds. The lowest BCUT2D eigenvalue weighted by Crippen LogP contribution is -2.53. The summed E-state index contributed by atoms with van der Waals surface area (Å²) in [6, 6.07) is 0. The molecule has 3 aromatic heterocycles. The van der Waals surface area contributed by atoms with Crippen LogP contribution in [-0.4, -0.2) is 41.6 Å². The van der Waals surface area contributed by atoms with Crippen LogP contribution >= 0.6 is 0 Å². The monoisotopic (exact) mass is 421 g/mol. The van der Waals surface area contributed by atoms with Crippen LogP contribution in [0, 0.1) is 12.3 Å². The van der Waals surface area contributed by atoms with Gasteiger partial charge in [0.2, 0.25) is 5.95 Å². The molecule has 164 valence electrons. The summed E-state index contributed by atoms with van der Waals surface area (Å²) in [4.78, 5) is 11.2. The molecule has 0 radical (unpaired) electrons. The van der Waals surface area contributed by atoms with E-state index in [9.17, 15) is 0 Å². The summed E-state index contributed by atoms with van der Waals surface area (Å²) in [5.74, 6) is 1.15. The van der Waals surface area contributed by atoms with Gasteiger partial charge in [-0.1, -0.05) is 0 Å². The Labute approximate surface area is 181 Å². The van der Waals surface area contributed by atoms with Gasteiger partial charge in [-0.25, -0.2) is 0 Å². The van der Waals surface area contributed by atoms with Crippen molar-refractivity contribution >= 4 is 22.8 Å². The lowest BCUT2D eigenvalue weighted by atomic mass is 9.57. The van der Waals surface area contributed by atoms with Gasteiger partial charge in [0.15, 0.2) is 5.65 Å². The summed E-state index contributed by atoms with van der Waals surface area (Å²) in [6.07, 6.45) is 9.94. The second kappa shape index (κ2) is 6.41. The number of hydrogen-bond acceptors (Lipinski definition) is 7. The van der Waals surface area contributed by atoms with Crippen molar-refractivity contribution in [1.82, 2.24) is 29.5 Å². The van der Waals surface area contributed by atoms with Gasteiger partial charge >= 0.3 is 0 Å². The molecule has 0 spiro atoms. The van der Waals surface area contributed by atoms with Gasteiger partial charge in [0.25, 0.3) is 0 Å². The van der Waals surface area contributed by atoms with Crippen LogP contribution in [0.1, 0.15) is 55.5 Å². The molecule has 9 heteroatoms. The van der Waals surface area contributed by atoms with E-state index in [2.05, 4.69) is 31.6 Å². The number of rotatable bonds is 3. The third kappa shape index (κ3) is 2.93. The molecule has 1 aliphatic heterocycles. The first-order chi connectivity index (χ1) is 14.8. The van der Waals surface area contributed by atoms with E-state index in [1.807, 2.05) is 13.2 Å². The second-order valence-electron chi connectivity index (χ2n) is 10.1. The molecule has 7 rings (SSSR count). The Morgan fingerprint density at radius 3 is 2.58 bits per heavy atom. The van der Waals surface area contributed by atoms with E-state index in [4.69, 9.17) is 16.6 Å². The van der Waals surface area contributed by atoms with Crippen LogP contribution < -0.4 is 16.4 Å². The number of hydrogen-bond donors (Lipinski definition) is 2. The normalized spacial score (nSPS) is 27.8. The Hall–Kier alpha value is -2.68. The van der Waals surface area contributed by atoms with Crippen LogP contribution in [-0.2, 0) is 26.6 Å². The number of aromatic nitrogens is 6. The molecule has 4 heterocycles.